The summed E-state index contributed by atoms with van der Waals surface area (Å²) in [4.78, 5) is 14.2. The van der Waals surface area contributed by atoms with E-state index in [9.17, 15) is 9.90 Å². The Labute approximate surface area is 145 Å². The van der Waals surface area contributed by atoms with Gasteiger partial charge in [-0.1, -0.05) is 6.07 Å². The Morgan fingerprint density at radius 1 is 1.43 bits per heavy atom. The number of thioether (sulfide) groups is 2. The van der Waals surface area contributed by atoms with Crippen LogP contribution in [0.2, 0.25) is 0 Å². The van der Waals surface area contributed by atoms with Gasteiger partial charge in [0.2, 0.25) is 5.91 Å². The molecule has 1 unspecified atom stereocenters. The van der Waals surface area contributed by atoms with Gasteiger partial charge in [0.25, 0.3) is 0 Å². The average molecular weight is 357 g/mol. The third kappa shape index (κ3) is 4.96. The third-order valence-electron chi connectivity index (χ3n) is 3.48. The van der Waals surface area contributed by atoms with E-state index in [0.717, 1.165) is 17.1 Å². The van der Waals surface area contributed by atoms with Crippen molar-refractivity contribution in [3.63, 3.8) is 0 Å². The first-order chi connectivity index (χ1) is 11.2. The van der Waals surface area contributed by atoms with E-state index in [1.807, 2.05) is 24.0 Å². The van der Waals surface area contributed by atoms with Gasteiger partial charge in [-0.25, -0.2) is 0 Å². The number of carbonyl (C=O) groups is 1. The molecular weight excluding hydrogens is 334 g/mol. The second-order valence-corrected chi connectivity index (χ2v) is 7.47. The van der Waals surface area contributed by atoms with Crippen LogP contribution in [0.25, 0.3) is 0 Å². The van der Waals surface area contributed by atoms with Crippen molar-refractivity contribution >= 4 is 29.4 Å². The van der Waals surface area contributed by atoms with Crippen molar-refractivity contribution in [3.05, 3.63) is 23.8 Å². The van der Waals surface area contributed by atoms with Crippen LogP contribution in [0.1, 0.15) is 24.3 Å². The normalized spacial score (nSPS) is 18.3. The molecular formula is C16H23NO4S2. The highest BCUT2D eigenvalue weighted by molar-refractivity contribution is 7.99. The average Bonchev–Trinajstić information content (AvgIpc) is 2.55. The van der Waals surface area contributed by atoms with E-state index >= 15 is 0 Å². The quantitative estimate of drug-likeness (QED) is 0.697. The maximum atomic E-state index is 12.3. The molecule has 0 spiro atoms. The van der Waals surface area contributed by atoms with Crippen molar-refractivity contribution in [2.24, 2.45) is 0 Å². The van der Waals surface area contributed by atoms with Gasteiger partial charge < -0.3 is 19.8 Å². The van der Waals surface area contributed by atoms with Gasteiger partial charge in [-0.2, -0.15) is 11.8 Å². The number of phenols is 1. The Balaban J connectivity index is 2.13. The Hall–Kier alpha value is -1.05. The second kappa shape index (κ2) is 9.30. The lowest BCUT2D eigenvalue weighted by atomic mass is 10.1. The van der Waals surface area contributed by atoms with E-state index < -0.39 is 0 Å². The highest BCUT2D eigenvalue weighted by Gasteiger charge is 2.30. The number of carbonyl (C=O) groups excluding carboxylic acids is 1. The Kier molecular flexibility index (Phi) is 7.39. The number of phenolic OH excluding ortho intramolecular Hbond substituents is 1. The lowest BCUT2D eigenvalue weighted by molar-refractivity contribution is -0.131. The molecule has 0 saturated carbocycles. The van der Waals surface area contributed by atoms with E-state index in [1.165, 1.54) is 0 Å². The molecule has 7 heteroatoms. The number of hydrogen-bond donors (Lipinski definition) is 2. The molecule has 23 heavy (non-hydrogen) atoms. The van der Waals surface area contributed by atoms with Gasteiger partial charge in [0, 0.05) is 30.2 Å². The van der Waals surface area contributed by atoms with Crippen molar-refractivity contribution in [1.82, 2.24) is 4.90 Å². The summed E-state index contributed by atoms with van der Waals surface area (Å²) >= 11 is 3.38. The zero-order valence-corrected chi connectivity index (χ0v) is 14.9. The van der Waals surface area contributed by atoms with Gasteiger partial charge in [-0.05, 0) is 24.6 Å². The summed E-state index contributed by atoms with van der Waals surface area (Å²) in [5, 5.41) is 18.6. The van der Waals surface area contributed by atoms with Crippen LogP contribution in [0.15, 0.2) is 18.2 Å². The molecule has 2 rings (SSSR count). The molecule has 0 bridgehead atoms. The number of benzene rings is 1. The number of hydrogen-bond acceptors (Lipinski definition) is 6. The highest BCUT2D eigenvalue weighted by atomic mass is 32.2. The van der Waals surface area contributed by atoms with Crippen LogP contribution < -0.4 is 4.74 Å². The molecule has 0 aliphatic carbocycles. The molecule has 1 aromatic carbocycles. The van der Waals surface area contributed by atoms with Crippen molar-refractivity contribution in [2.75, 3.05) is 37.0 Å². The topological polar surface area (TPSA) is 70.0 Å². The van der Waals surface area contributed by atoms with Crippen molar-refractivity contribution in [1.29, 1.82) is 0 Å². The van der Waals surface area contributed by atoms with Crippen LogP contribution in [0.4, 0.5) is 0 Å². The molecule has 2 N–H and O–H groups in total. The molecule has 1 amide bonds. The summed E-state index contributed by atoms with van der Waals surface area (Å²) in [7, 11) is 0. The van der Waals surface area contributed by atoms with Gasteiger partial charge in [0.15, 0.2) is 11.5 Å². The SMILES string of the molecule is CCOc1cc(C2SCCC(=O)N2CCSCCO)ccc1O. The predicted molar refractivity (Wildman–Crippen MR) is 95.2 cm³/mol. The number of ether oxygens (including phenoxy) is 1. The van der Waals surface area contributed by atoms with Gasteiger partial charge in [-0.3, -0.25) is 4.79 Å². The third-order valence-corrected chi connectivity index (χ3v) is 5.70. The summed E-state index contributed by atoms with van der Waals surface area (Å²) in [5.74, 6) is 3.03. The first-order valence-electron chi connectivity index (χ1n) is 7.72. The van der Waals surface area contributed by atoms with Crippen molar-refractivity contribution in [2.45, 2.75) is 18.7 Å². The number of rotatable bonds is 8. The van der Waals surface area contributed by atoms with Gasteiger partial charge in [0.1, 0.15) is 5.37 Å². The molecule has 1 aromatic rings. The number of nitrogens with zero attached hydrogens (tertiary/aromatic N) is 1. The van der Waals surface area contributed by atoms with E-state index in [2.05, 4.69) is 0 Å². The minimum atomic E-state index is -0.0502. The zero-order chi connectivity index (χ0) is 16.7. The first kappa shape index (κ1) is 18.3. The monoisotopic (exact) mass is 357 g/mol. The molecule has 128 valence electrons. The van der Waals surface area contributed by atoms with Crippen molar-refractivity contribution in [3.8, 4) is 11.5 Å². The van der Waals surface area contributed by atoms with Gasteiger partial charge in [0.05, 0.1) is 13.2 Å². The largest absolute Gasteiger partial charge is 0.504 e. The molecule has 1 aliphatic rings. The van der Waals surface area contributed by atoms with Crippen LogP contribution in [0.3, 0.4) is 0 Å². The maximum Gasteiger partial charge on any atom is 0.224 e. The standard InChI is InChI=1S/C16H23NO4S2/c1-2-21-14-11-12(3-4-13(14)19)16-17(6-9-22-10-7-18)15(20)5-8-23-16/h3-4,11,16,18-19H,2,5-10H2,1H3. The summed E-state index contributed by atoms with van der Waals surface area (Å²) in [5.41, 5.74) is 0.969. The Morgan fingerprint density at radius 3 is 3.00 bits per heavy atom. The molecule has 0 aromatic heterocycles. The number of amides is 1. The van der Waals surface area contributed by atoms with Gasteiger partial charge in [-0.15, -0.1) is 11.8 Å². The molecule has 1 atom stereocenters. The van der Waals surface area contributed by atoms with E-state index in [1.54, 1.807) is 29.6 Å². The minimum Gasteiger partial charge on any atom is -0.504 e. The maximum absolute atomic E-state index is 12.3. The van der Waals surface area contributed by atoms with Crippen LogP contribution in [0.5, 0.6) is 11.5 Å². The number of aliphatic hydroxyl groups excluding tert-OH is 1. The fraction of sp³-hybridized carbons (Fsp3) is 0.562. The summed E-state index contributed by atoms with van der Waals surface area (Å²) < 4.78 is 5.45. The Morgan fingerprint density at radius 2 is 2.26 bits per heavy atom. The fourth-order valence-electron chi connectivity index (χ4n) is 2.43. The van der Waals surface area contributed by atoms with Crippen LogP contribution in [-0.2, 0) is 4.79 Å². The molecule has 1 saturated heterocycles. The van der Waals surface area contributed by atoms with Crippen molar-refractivity contribution < 1.29 is 19.7 Å². The summed E-state index contributed by atoms with van der Waals surface area (Å²) in [6.45, 7) is 3.17. The molecule has 1 aliphatic heterocycles. The Bertz CT molecular complexity index is 527. The lowest BCUT2D eigenvalue weighted by Gasteiger charge is -2.35. The molecule has 1 heterocycles. The fourth-order valence-corrected chi connectivity index (χ4v) is 4.34. The number of aromatic hydroxyl groups is 1. The van der Waals surface area contributed by atoms with E-state index in [4.69, 9.17) is 9.84 Å². The first-order valence-corrected chi connectivity index (χ1v) is 9.93. The predicted octanol–water partition coefficient (Wildman–Crippen LogP) is 2.48. The molecule has 0 radical (unpaired) electrons. The van der Waals surface area contributed by atoms with Crippen LogP contribution >= 0.6 is 23.5 Å². The zero-order valence-electron chi connectivity index (χ0n) is 13.2. The van der Waals surface area contributed by atoms with Crippen LogP contribution in [0, 0.1) is 0 Å². The minimum absolute atomic E-state index is 0.0502. The smallest absolute Gasteiger partial charge is 0.224 e. The molecule has 5 nitrogen and oxygen atoms in total. The van der Waals surface area contributed by atoms with Crippen LogP contribution in [-0.4, -0.2) is 58.0 Å². The second-order valence-electron chi connectivity index (χ2n) is 5.06. The highest BCUT2D eigenvalue weighted by Crippen LogP contribution is 2.40. The lowest BCUT2D eigenvalue weighted by Crippen LogP contribution is -2.38. The van der Waals surface area contributed by atoms with Gasteiger partial charge >= 0.3 is 0 Å². The van der Waals surface area contributed by atoms with E-state index in [-0.39, 0.29) is 23.6 Å². The van der Waals surface area contributed by atoms with E-state index in [0.29, 0.717) is 31.1 Å². The summed E-state index contributed by atoms with van der Waals surface area (Å²) in [6, 6.07) is 5.30. The molecule has 1 fully saturated rings. The summed E-state index contributed by atoms with van der Waals surface area (Å²) in [6.07, 6.45) is 0.558. The number of aliphatic hydroxyl groups is 1.